The minimum absolute atomic E-state index is 0.0556. The minimum atomic E-state index is -0.626. The summed E-state index contributed by atoms with van der Waals surface area (Å²) in [4.78, 5) is 18.0. The van der Waals surface area contributed by atoms with Gasteiger partial charge in [0, 0.05) is 13.1 Å². The molecule has 0 radical (unpaired) electrons. The fraction of sp³-hybridized carbons (Fsp3) is 0.0909. The van der Waals surface area contributed by atoms with E-state index in [1.165, 1.54) is 25.2 Å². The normalized spacial score (nSPS) is 10.2. The van der Waals surface area contributed by atoms with Crippen LogP contribution in [0.25, 0.3) is 0 Å². The number of ether oxygens (including phenoxy) is 1. The van der Waals surface area contributed by atoms with Crippen molar-refractivity contribution in [3.05, 3.63) is 44.7 Å². The van der Waals surface area contributed by atoms with Gasteiger partial charge < -0.3 is 10.1 Å². The predicted octanol–water partition coefficient (Wildman–Crippen LogP) is 3.53. The van der Waals surface area contributed by atoms with E-state index < -0.39 is 4.92 Å². The van der Waals surface area contributed by atoms with Gasteiger partial charge in [-0.3, -0.25) is 10.1 Å². The lowest BCUT2D eigenvalue weighted by atomic mass is 10.3. The molecular weight excluding hydrogens is 307 g/mol. The lowest BCUT2D eigenvalue weighted by Gasteiger charge is -2.07. The number of anilines is 1. The number of nitrogens with zero attached hydrogens (tertiary/aromatic N) is 3. The van der Waals surface area contributed by atoms with Crippen molar-refractivity contribution < 1.29 is 9.66 Å². The summed E-state index contributed by atoms with van der Waals surface area (Å²) in [6, 6.07) is 4.49. The Hall–Kier alpha value is -2.12. The van der Waals surface area contributed by atoms with Crippen molar-refractivity contribution in [2.24, 2.45) is 0 Å². The fourth-order valence-electron chi connectivity index (χ4n) is 1.44. The third kappa shape index (κ3) is 2.89. The van der Waals surface area contributed by atoms with Crippen molar-refractivity contribution >= 4 is 34.7 Å². The quantitative estimate of drug-likeness (QED) is 0.685. The summed E-state index contributed by atoms with van der Waals surface area (Å²) in [6.45, 7) is 0. The number of nitro groups is 1. The van der Waals surface area contributed by atoms with E-state index >= 15 is 0 Å². The highest BCUT2D eigenvalue weighted by Crippen LogP contribution is 2.35. The lowest BCUT2D eigenvalue weighted by Crippen LogP contribution is -2.03. The van der Waals surface area contributed by atoms with Gasteiger partial charge in [-0.25, -0.2) is 4.98 Å². The van der Waals surface area contributed by atoms with Crippen LogP contribution in [0.2, 0.25) is 10.0 Å². The lowest BCUT2D eigenvalue weighted by molar-refractivity contribution is -0.385. The van der Waals surface area contributed by atoms with E-state index in [1.54, 1.807) is 0 Å². The molecule has 0 aliphatic rings. The van der Waals surface area contributed by atoms with Crippen LogP contribution in [0, 0.1) is 10.1 Å². The van der Waals surface area contributed by atoms with Crippen LogP contribution >= 0.6 is 23.2 Å². The van der Waals surface area contributed by atoms with Crippen LogP contribution in [-0.4, -0.2) is 21.9 Å². The van der Waals surface area contributed by atoms with E-state index in [1.807, 2.05) is 0 Å². The zero-order valence-corrected chi connectivity index (χ0v) is 11.6. The van der Waals surface area contributed by atoms with Crippen LogP contribution in [0.4, 0.5) is 11.5 Å². The van der Waals surface area contributed by atoms with Gasteiger partial charge in [0.15, 0.2) is 0 Å². The molecule has 0 atom stereocenters. The third-order valence-corrected chi connectivity index (χ3v) is 3.05. The van der Waals surface area contributed by atoms with E-state index in [2.05, 4.69) is 15.3 Å². The maximum atomic E-state index is 11.1. The zero-order chi connectivity index (χ0) is 14.7. The molecule has 7 nitrogen and oxygen atoms in total. The zero-order valence-electron chi connectivity index (χ0n) is 10.1. The van der Waals surface area contributed by atoms with Gasteiger partial charge in [0.1, 0.15) is 12.1 Å². The third-order valence-electron chi connectivity index (χ3n) is 2.31. The van der Waals surface area contributed by atoms with Gasteiger partial charge in [0.2, 0.25) is 5.82 Å². The molecule has 0 aliphatic carbocycles. The molecule has 0 amide bonds. The van der Waals surface area contributed by atoms with Crippen LogP contribution in [0.5, 0.6) is 11.6 Å². The largest absolute Gasteiger partial charge is 0.433 e. The predicted molar refractivity (Wildman–Crippen MR) is 74.8 cm³/mol. The highest BCUT2D eigenvalue weighted by Gasteiger charge is 2.24. The van der Waals surface area contributed by atoms with Crippen LogP contribution in [0.3, 0.4) is 0 Å². The monoisotopic (exact) mass is 314 g/mol. The van der Waals surface area contributed by atoms with Crippen LogP contribution in [-0.2, 0) is 0 Å². The molecule has 0 unspecified atom stereocenters. The standard InChI is InChI=1S/C11H8Cl2N4O3/c1-14-10-9(17(18)19)11(16-5-15-10)20-6-2-3-7(12)8(13)4-6/h2-5H,1H3,(H,14,15,16). The summed E-state index contributed by atoms with van der Waals surface area (Å²) in [5.74, 6) is 0.149. The van der Waals surface area contributed by atoms with Crippen molar-refractivity contribution in [1.82, 2.24) is 9.97 Å². The smallest absolute Gasteiger partial charge is 0.373 e. The van der Waals surface area contributed by atoms with Gasteiger partial charge in [-0.2, -0.15) is 4.98 Å². The second-order valence-corrected chi connectivity index (χ2v) is 4.38. The first-order valence-corrected chi connectivity index (χ1v) is 6.08. The van der Waals surface area contributed by atoms with E-state index in [0.717, 1.165) is 6.33 Å². The molecule has 1 N–H and O–H groups in total. The number of benzene rings is 1. The van der Waals surface area contributed by atoms with Crippen molar-refractivity contribution in [2.75, 3.05) is 12.4 Å². The average Bonchev–Trinajstić information content (AvgIpc) is 2.42. The number of halogens is 2. The maximum absolute atomic E-state index is 11.1. The fourth-order valence-corrected chi connectivity index (χ4v) is 1.72. The van der Waals surface area contributed by atoms with Crippen molar-refractivity contribution in [3.8, 4) is 11.6 Å². The SMILES string of the molecule is CNc1ncnc(Oc2ccc(Cl)c(Cl)c2)c1[N+](=O)[O-]. The molecule has 0 saturated carbocycles. The summed E-state index contributed by atoms with van der Waals surface area (Å²) in [6.07, 6.45) is 1.16. The Morgan fingerprint density at radius 3 is 2.65 bits per heavy atom. The highest BCUT2D eigenvalue weighted by atomic mass is 35.5. The number of hydrogen-bond acceptors (Lipinski definition) is 6. The Bertz CT molecular complexity index is 666. The number of nitrogens with one attached hydrogen (secondary N) is 1. The Morgan fingerprint density at radius 1 is 1.30 bits per heavy atom. The Kier molecular flexibility index (Phi) is 4.21. The molecule has 9 heteroatoms. The molecule has 2 rings (SSSR count). The molecular formula is C11H8Cl2N4O3. The molecule has 1 heterocycles. The first kappa shape index (κ1) is 14.3. The van der Waals surface area contributed by atoms with Gasteiger partial charge in [0.25, 0.3) is 0 Å². The highest BCUT2D eigenvalue weighted by molar-refractivity contribution is 6.42. The average molecular weight is 315 g/mol. The summed E-state index contributed by atoms with van der Waals surface area (Å²) in [7, 11) is 1.51. The molecule has 0 saturated heterocycles. The molecule has 0 fully saturated rings. The number of rotatable bonds is 4. The first-order valence-electron chi connectivity index (χ1n) is 5.33. The molecule has 0 spiro atoms. The number of hydrogen-bond donors (Lipinski definition) is 1. The first-order chi connectivity index (χ1) is 9.52. The Balaban J connectivity index is 2.42. The second-order valence-electron chi connectivity index (χ2n) is 3.56. The summed E-state index contributed by atoms with van der Waals surface area (Å²) in [5, 5.41) is 14.3. The Labute approximate surface area is 123 Å². The van der Waals surface area contributed by atoms with Crippen molar-refractivity contribution in [2.45, 2.75) is 0 Å². The molecule has 1 aromatic carbocycles. The molecule has 1 aromatic heterocycles. The van der Waals surface area contributed by atoms with E-state index in [4.69, 9.17) is 27.9 Å². The van der Waals surface area contributed by atoms with Gasteiger partial charge in [0.05, 0.1) is 15.0 Å². The minimum Gasteiger partial charge on any atom is -0.433 e. The number of aromatic nitrogens is 2. The summed E-state index contributed by atoms with van der Waals surface area (Å²) in [5.41, 5.74) is -0.360. The second kappa shape index (κ2) is 5.89. The van der Waals surface area contributed by atoms with Crippen molar-refractivity contribution in [3.63, 3.8) is 0 Å². The molecule has 20 heavy (non-hydrogen) atoms. The van der Waals surface area contributed by atoms with Gasteiger partial charge >= 0.3 is 11.6 Å². The molecule has 2 aromatic rings. The van der Waals surface area contributed by atoms with Gasteiger partial charge in [-0.15, -0.1) is 0 Å². The van der Waals surface area contributed by atoms with E-state index in [-0.39, 0.29) is 28.2 Å². The summed E-state index contributed by atoms with van der Waals surface area (Å²) >= 11 is 11.6. The van der Waals surface area contributed by atoms with Crippen LogP contribution in [0.1, 0.15) is 0 Å². The van der Waals surface area contributed by atoms with E-state index in [0.29, 0.717) is 5.02 Å². The molecule has 104 valence electrons. The van der Waals surface area contributed by atoms with Crippen LogP contribution in [0.15, 0.2) is 24.5 Å². The Morgan fingerprint density at radius 2 is 2.05 bits per heavy atom. The topological polar surface area (TPSA) is 90.2 Å². The maximum Gasteiger partial charge on any atom is 0.373 e. The van der Waals surface area contributed by atoms with Crippen LogP contribution < -0.4 is 10.1 Å². The molecule has 0 bridgehead atoms. The van der Waals surface area contributed by atoms with Gasteiger partial charge in [-0.05, 0) is 12.1 Å². The van der Waals surface area contributed by atoms with Gasteiger partial charge in [-0.1, -0.05) is 23.2 Å². The van der Waals surface area contributed by atoms with Crippen molar-refractivity contribution in [1.29, 1.82) is 0 Å². The molecule has 0 aliphatic heterocycles. The summed E-state index contributed by atoms with van der Waals surface area (Å²) < 4.78 is 5.37. The van der Waals surface area contributed by atoms with E-state index in [9.17, 15) is 10.1 Å².